The maximum absolute atomic E-state index is 12.4. The molecule has 1 aliphatic carbocycles. The van der Waals surface area contributed by atoms with Gasteiger partial charge in [-0.2, -0.15) is 0 Å². The summed E-state index contributed by atoms with van der Waals surface area (Å²) in [6.07, 6.45) is 1.95. The summed E-state index contributed by atoms with van der Waals surface area (Å²) in [7, 11) is 0. The number of anilines is 1. The molecule has 0 aromatic heterocycles. The zero-order valence-corrected chi connectivity index (χ0v) is 14.1. The Kier molecular flexibility index (Phi) is 4.74. The van der Waals surface area contributed by atoms with Crippen molar-refractivity contribution < 1.29 is 19.4 Å². The van der Waals surface area contributed by atoms with Crippen LogP contribution in [0, 0.1) is 12.3 Å². The minimum atomic E-state index is -0.908. The van der Waals surface area contributed by atoms with Crippen LogP contribution in [0.25, 0.3) is 0 Å². The van der Waals surface area contributed by atoms with Crippen molar-refractivity contribution in [2.75, 3.05) is 5.32 Å². The molecule has 5 heteroatoms. The normalized spacial score (nSPS) is 15.1. The van der Waals surface area contributed by atoms with Gasteiger partial charge in [0, 0.05) is 6.42 Å². The number of carboxylic acid groups (broad SMARTS) is 1. The predicted molar refractivity (Wildman–Crippen MR) is 94.9 cm³/mol. The molecular formula is C20H21NO4. The van der Waals surface area contributed by atoms with E-state index in [9.17, 15) is 14.7 Å². The van der Waals surface area contributed by atoms with Crippen molar-refractivity contribution in [3.63, 3.8) is 0 Å². The van der Waals surface area contributed by atoms with Gasteiger partial charge in [-0.15, -0.1) is 0 Å². The van der Waals surface area contributed by atoms with E-state index in [0.29, 0.717) is 30.0 Å². The van der Waals surface area contributed by atoms with Gasteiger partial charge in [0.2, 0.25) is 5.91 Å². The van der Waals surface area contributed by atoms with E-state index in [1.54, 1.807) is 6.07 Å². The quantitative estimate of drug-likeness (QED) is 0.819. The second kappa shape index (κ2) is 6.97. The second-order valence-electron chi connectivity index (χ2n) is 6.58. The van der Waals surface area contributed by atoms with Gasteiger partial charge < -0.3 is 15.2 Å². The van der Waals surface area contributed by atoms with Crippen LogP contribution in [0.4, 0.5) is 5.69 Å². The highest BCUT2D eigenvalue weighted by Gasteiger charge is 2.45. The fourth-order valence-electron chi connectivity index (χ4n) is 3.02. The molecule has 3 rings (SSSR count). The zero-order valence-electron chi connectivity index (χ0n) is 14.1. The Morgan fingerprint density at radius 1 is 1.16 bits per heavy atom. The van der Waals surface area contributed by atoms with Crippen LogP contribution in [0.1, 0.15) is 31.2 Å². The first-order valence-electron chi connectivity index (χ1n) is 8.35. The van der Waals surface area contributed by atoms with E-state index in [4.69, 9.17) is 4.74 Å². The van der Waals surface area contributed by atoms with E-state index in [-0.39, 0.29) is 12.3 Å². The van der Waals surface area contributed by atoms with Crippen molar-refractivity contribution in [3.8, 4) is 11.5 Å². The number of ether oxygens (including phenoxy) is 1. The highest BCUT2D eigenvalue weighted by atomic mass is 16.5. The lowest BCUT2D eigenvalue weighted by Gasteiger charge is -2.36. The van der Waals surface area contributed by atoms with Crippen molar-refractivity contribution >= 4 is 17.6 Å². The molecule has 2 N–H and O–H groups in total. The third-order valence-electron chi connectivity index (χ3n) is 4.64. The van der Waals surface area contributed by atoms with Crippen LogP contribution < -0.4 is 10.1 Å². The van der Waals surface area contributed by atoms with Gasteiger partial charge in [0.1, 0.15) is 5.75 Å². The molecule has 130 valence electrons. The first-order valence-corrected chi connectivity index (χ1v) is 8.35. The minimum absolute atomic E-state index is 0.0128. The van der Waals surface area contributed by atoms with Crippen molar-refractivity contribution in [2.45, 2.75) is 32.6 Å². The fraction of sp³-hybridized carbons (Fsp3) is 0.300. The first-order chi connectivity index (χ1) is 12.0. The summed E-state index contributed by atoms with van der Waals surface area (Å²) in [5, 5.41) is 12.2. The van der Waals surface area contributed by atoms with E-state index in [0.717, 1.165) is 12.0 Å². The number of aryl methyl sites for hydroxylation is 1. The number of hydrogen-bond acceptors (Lipinski definition) is 3. The molecule has 0 saturated heterocycles. The molecule has 2 aromatic carbocycles. The van der Waals surface area contributed by atoms with Gasteiger partial charge in [0.15, 0.2) is 5.75 Å². The molecule has 0 bridgehead atoms. The van der Waals surface area contributed by atoms with Crippen molar-refractivity contribution in [1.82, 2.24) is 0 Å². The van der Waals surface area contributed by atoms with Crippen molar-refractivity contribution in [2.24, 2.45) is 5.41 Å². The maximum Gasteiger partial charge on any atom is 0.310 e. The lowest BCUT2D eigenvalue weighted by atomic mass is 9.66. The van der Waals surface area contributed by atoms with Crippen LogP contribution in [0.15, 0.2) is 48.5 Å². The Bertz CT molecular complexity index is 782. The Labute approximate surface area is 146 Å². The summed E-state index contributed by atoms with van der Waals surface area (Å²) in [6, 6.07) is 14.8. The first kappa shape index (κ1) is 17.0. The molecule has 1 amide bonds. The fourth-order valence-corrected chi connectivity index (χ4v) is 3.02. The van der Waals surface area contributed by atoms with E-state index >= 15 is 0 Å². The Balaban J connectivity index is 1.76. The zero-order chi connectivity index (χ0) is 17.9. The average molecular weight is 339 g/mol. The number of carboxylic acids is 1. The minimum Gasteiger partial charge on any atom is -0.481 e. The van der Waals surface area contributed by atoms with Crippen LogP contribution >= 0.6 is 0 Å². The number of aliphatic carboxylic acids is 1. The summed E-state index contributed by atoms with van der Waals surface area (Å²) < 4.78 is 5.85. The standard InChI is InChI=1S/C20H21NO4/c1-14-8-9-17(25-15-6-3-2-4-7-15)16(12-14)21-18(22)13-20(19(23)24)10-5-11-20/h2-4,6-9,12H,5,10-11,13H2,1H3,(H,21,22)(H,23,24). The average Bonchev–Trinajstić information content (AvgIpc) is 2.54. The molecule has 1 aliphatic rings. The summed E-state index contributed by atoms with van der Waals surface area (Å²) in [5.74, 6) is 0.00972. The van der Waals surface area contributed by atoms with Crippen molar-refractivity contribution in [1.29, 1.82) is 0 Å². The van der Waals surface area contributed by atoms with Crippen molar-refractivity contribution in [3.05, 3.63) is 54.1 Å². The number of para-hydroxylation sites is 1. The molecular weight excluding hydrogens is 318 g/mol. The number of benzene rings is 2. The van der Waals surface area contributed by atoms with Gasteiger partial charge in [-0.3, -0.25) is 9.59 Å². The predicted octanol–water partition coefficient (Wildman–Crippen LogP) is 4.37. The molecule has 0 aliphatic heterocycles. The van der Waals surface area contributed by atoms with Crippen LogP contribution in [-0.4, -0.2) is 17.0 Å². The molecule has 0 unspecified atom stereocenters. The van der Waals surface area contributed by atoms with Crippen LogP contribution in [0.5, 0.6) is 11.5 Å². The number of carbonyl (C=O) groups is 2. The van der Waals surface area contributed by atoms with Gasteiger partial charge >= 0.3 is 5.97 Å². The molecule has 0 radical (unpaired) electrons. The number of hydrogen-bond donors (Lipinski definition) is 2. The molecule has 0 heterocycles. The monoisotopic (exact) mass is 339 g/mol. The number of nitrogens with one attached hydrogen (secondary N) is 1. The Hall–Kier alpha value is -2.82. The van der Waals surface area contributed by atoms with Gasteiger partial charge in [-0.1, -0.05) is 30.7 Å². The lowest BCUT2D eigenvalue weighted by molar-refractivity contribution is -0.157. The SMILES string of the molecule is Cc1ccc(Oc2ccccc2)c(NC(=O)CC2(C(=O)O)CCC2)c1. The molecule has 25 heavy (non-hydrogen) atoms. The van der Waals surface area contributed by atoms with Gasteiger partial charge in [-0.05, 0) is 49.6 Å². The summed E-state index contributed by atoms with van der Waals surface area (Å²) >= 11 is 0. The Morgan fingerprint density at radius 2 is 1.88 bits per heavy atom. The molecule has 1 fully saturated rings. The second-order valence-corrected chi connectivity index (χ2v) is 6.58. The van der Waals surface area contributed by atoms with Gasteiger partial charge in [0.25, 0.3) is 0 Å². The molecule has 0 atom stereocenters. The summed E-state index contributed by atoms with van der Waals surface area (Å²) in [5.41, 5.74) is 0.620. The molecule has 2 aromatic rings. The van der Waals surface area contributed by atoms with Gasteiger partial charge in [0.05, 0.1) is 11.1 Å². The highest BCUT2D eigenvalue weighted by Crippen LogP contribution is 2.44. The van der Waals surface area contributed by atoms with E-state index in [1.807, 2.05) is 49.4 Å². The van der Waals surface area contributed by atoms with E-state index in [2.05, 4.69) is 5.32 Å². The van der Waals surface area contributed by atoms with E-state index < -0.39 is 11.4 Å². The highest BCUT2D eigenvalue weighted by molar-refractivity contribution is 5.95. The third kappa shape index (κ3) is 3.82. The third-order valence-corrected chi connectivity index (χ3v) is 4.64. The number of rotatable bonds is 6. The number of carbonyl (C=O) groups excluding carboxylic acids is 1. The topological polar surface area (TPSA) is 75.6 Å². The summed E-state index contributed by atoms with van der Waals surface area (Å²) in [4.78, 5) is 23.9. The van der Waals surface area contributed by atoms with Crippen LogP contribution in [0.2, 0.25) is 0 Å². The van der Waals surface area contributed by atoms with Crippen LogP contribution in [0.3, 0.4) is 0 Å². The summed E-state index contributed by atoms with van der Waals surface area (Å²) in [6.45, 7) is 1.92. The molecule has 1 saturated carbocycles. The van der Waals surface area contributed by atoms with Gasteiger partial charge in [-0.25, -0.2) is 0 Å². The Morgan fingerprint density at radius 3 is 2.48 bits per heavy atom. The maximum atomic E-state index is 12.4. The van der Waals surface area contributed by atoms with E-state index in [1.165, 1.54) is 0 Å². The number of amides is 1. The molecule has 5 nitrogen and oxygen atoms in total. The van der Waals surface area contributed by atoms with Crippen LogP contribution in [-0.2, 0) is 9.59 Å². The molecule has 0 spiro atoms. The lowest BCUT2D eigenvalue weighted by Crippen LogP contribution is -2.41. The largest absolute Gasteiger partial charge is 0.481 e. The smallest absolute Gasteiger partial charge is 0.310 e.